The van der Waals surface area contributed by atoms with Crippen LogP contribution in [0.2, 0.25) is 5.02 Å². The van der Waals surface area contributed by atoms with Crippen LogP contribution in [0.3, 0.4) is 0 Å². The van der Waals surface area contributed by atoms with Gasteiger partial charge >= 0.3 is 0 Å². The molecule has 4 nitrogen and oxygen atoms in total. The number of benzene rings is 1. The summed E-state index contributed by atoms with van der Waals surface area (Å²) < 4.78 is 5.21. The Bertz CT molecular complexity index is 507. The van der Waals surface area contributed by atoms with Gasteiger partial charge < -0.3 is 4.74 Å². The summed E-state index contributed by atoms with van der Waals surface area (Å²) >= 11 is 5.91. The number of hydrogen-bond acceptors (Lipinski definition) is 3. The Hall–Kier alpha value is -1.81. The third-order valence-electron chi connectivity index (χ3n) is 2.75. The van der Waals surface area contributed by atoms with E-state index < -0.39 is 0 Å². The topological polar surface area (TPSA) is 46.6 Å². The number of rotatable bonds is 4. The van der Waals surface area contributed by atoms with E-state index in [1.165, 1.54) is 17.1 Å². The highest BCUT2D eigenvalue weighted by atomic mass is 35.5. The van der Waals surface area contributed by atoms with Crippen LogP contribution in [-0.2, 0) is 16.0 Å². The number of amides is 2. The van der Waals surface area contributed by atoms with Crippen LogP contribution >= 0.6 is 11.6 Å². The molecule has 0 saturated carbocycles. The van der Waals surface area contributed by atoms with Crippen molar-refractivity contribution in [1.29, 1.82) is 0 Å². The number of nitrogens with zero attached hydrogens (tertiary/aromatic N) is 1. The molecule has 0 fully saturated rings. The van der Waals surface area contributed by atoms with Crippen molar-refractivity contribution in [2.75, 3.05) is 13.7 Å². The number of imide groups is 1. The summed E-state index contributed by atoms with van der Waals surface area (Å²) in [6.45, 7) is 0.321. The third-order valence-corrected chi connectivity index (χ3v) is 2.98. The monoisotopic (exact) mass is 265 g/mol. The minimum atomic E-state index is -0.277. The van der Waals surface area contributed by atoms with E-state index >= 15 is 0 Å². The molecule has 1 heterocycles. The van der Waals surface area contributed by atoms with Gasteiger partial charge in [-0.1, -0.05) is 11.6 Å². The Balaban J connectivity index is 2.08. The molecule has 2 rings (SSSR count). The molecule has 1 aromatic rings. The van der Waals surface area contributed by atoms with E-state index in [1.54, 1.807) is 25.3 Å². The molecule has 0 unspecified atom stereocenters. The number of carbonyl (C=O) groups excluding carboxylic acids is 2. The fourth-order valence-corrected chi connectivity index (χ4v) is 2.02. The number of hydrogen-bond donors (Lipinski definition) is 0. The molecule has 0 radical (unpaired) electrons. The van der Waals surface area contributed by atoms with E-state index in [1.807, 2.05) is 0 Å². The molecule has 0 atom stereocenters. The van der Waals surface area contributed by atoms with Gasteiger partial charge in [-0.2, -0.15) is 0 Å². The van der Waals surface area contributed by atoms with E-state index in [0.717, 1.165) is 5.56 Å². The average Bonchev–Trinajstić information content (AvgIpc) is 2.67. The summed E-state index contributed by atoms with van der Waals surface area (Å²) in [4.78, 5) is 24.0. The molecule has 0 bridgehead atoms. The van der Waals surface area contributed by atoms with Crippen LogP contribution in [0.5, 0.6) is 5.75 Å². The maximum absolute atomic E-state index is 11.4. The summed E-state index contributed by atoms with van der Waals surface area (Å²) in [5.74, 6) is 0.147. The number of halogens is 1. The maximum atomic E-state index is 11.4. The van der Waals surface area contributed by atoms with Gasteiger partial charge in [-0.3, -0.25) is 14.5 Å². The number of carbonyl (C=O) groups is 2. The van der Waals surface area contributed by atoms with Gasteiger partial charge in [0.15, 0.2) is 0 Å². The Labute approximate surface area is 110 Å². The highest BCUT2D eigenvalue weighted by Gasteiger charge is 2.23. The van der Waals surface area contributed by atoms with Gasteiger partial charge in [-0.25, -0.2) is 0 Å². The summed E-state index contributed by atoms with van der Waals surface area (Å²) in [6, 6.07) is 5.28. The maximum Gasteiger partial charge on any atom is 0.253 e. The molecule has 1 aliphatic heterocycles. The summed E-state index contributed by atoms with van der Waals surface area (Å²) in [5, 5.41) is 0.600. The van der Waals surface area contributed by atoms with Crippen molar-refractivity contribution in [3.63, 3.8) is 0 Å². The molecule has 1 aliphatic rings. The molecule has 0 N–H and O–H groups in total. The van der Waals surface area contributed by atoms with E-state index in [4.69, 9.17) is 16.3 Å². The van der Waals surface area contributed by atoms with Crippen LogP contribution in [0, 0.1) is 0 Å². The van der Waals surface area contributed by atoms with Gasteiger partial charge in [0.1, 0.15) is 5.75 Å². The van der Waals surface area contributed by atoms with Crippen molar-refractivity contribution in [3.8, 4) is 5.75 Å². The first-order chi connectivity index (χ1) is 8.61. The van der Waals surface area contributed by atoms with Crippen LogP contribution in [0.15, 0.2) is 30.4 Å². The molecule has 2 amide bonds. The van der Waals surface area contributed by atoms with E-state index in [2.05, 4.69) is 0 Å². The van der Waals surface area contributed by atoms with Crippen molar-refractivity contribution in [2.45, 2.75) is 6.42 Å². The molecule has 0 aromatic heterocycles. The van der Waals surface area contributed by atoms with Crippen LogP contribution in [0.4, 0.5) is 0 Å². The third kappa shape index (κ3) is 2.54. The minimum Gasteiger partial charge on any atom is -0.496 e. The quantitative estimate of drug-likeness (QED) is 0.780. The highest BCUT2D eigenvalue weighted by Crippen LogP contribution is 2.23. The van der Waals surface area contributed by atoms with Gasteiger partial charge in [0.05, 0.1) is 7.11 Å². The van der Waals surface area contributed by atoms with Gasteiger partial charge in [0.2, 0.25) is 0 Å². The predicted molar refractivity (Wildman–Crippen MR) is 67.6 cm³/mol. The van der Waals surface area contributed by atoms with Crippen LogP contribution in [0.1, 0.15) is 5.56 Å². The predicted octanol–water partition coefficient (Wildman–Crippen LogP) is 1.82. The Kier molecular flexibility index (Phi) is 3.67. The molecule has 1 aromatic carbocycles. The van der Waals surface area contributed by atoms with Gasteiger partial charge in [-0.05, 0) is 30.2 Å². The number of methoxy groups -OCH3 is 1. The van der Waals surface area contributed by atoms with Crippen LogP contribution < -0.4 is 4.74 Å². The summed E-state index contributed by atoms with van der Waals surface area (Å²) in [6.07, 6.45) is 3.07. The van der Waals surface area contributed by atoms with Crippen molar-refractivity contribution in [1.82, 2.24) is 4.90 Å². The van der Waals surface area contributed by atoms with Crippen molar-refractivity contribution in [3.05, 3.63) is 40.9 Å². The minimum absolute atomic E-state index is 0.277. The second-order valence-electron chi connectivity index (χ2n) is 3.87. The average molecular weight is 266 g/mol. The van der Waals surface area contributed by atoms with Crippen molar-refractivity contribution >= 4 is 23.4 Å². The smallest absolute Gasteiger partial charge is 0.253 e. The molecule has 0 spiro atoms. The standard InChI is InChI=1S/C13H12ClNO3/c1-18-11-3-2-10(14)8-9(11)6-7-15-12(16)4-5-13(15)17/h2-5,8H,6-7H2,1H3. The van der Waals surface area contributed by atoms with Crippen LogP contribution in [-0.4, -0.2) is 30.4 Å². The normalized spacial score (nSPS) is 14.4. The van der Waals surface area contributed by atoms with Crippen LogP contribution in [0.25, 0.3) is 0 Å². The highest BCUT2D eigenvalue weighted by molar-refractivity contribution is 6.30. The molecule has 94 valence electrons. The molecule has 0 aliphatic carbocycles. The first-order valence-electron chi connectivity index (χ1n) is 5.48. The Morgan fingerprint density at radius 3 is 2.50 bits per heavy atom. The first kappa shape index (κ1) is 12.6. The number of ether oxygens (including phenoxy) is 1. The van der Waals surface area contributed by atoms with Crippen molar-refractivity contribution < 1.29 is 14.3 Å². The Morgan fingerprint density at radius 2 is 1.89 bits per heavy atom. The zero-order valence-electron chi connectivity index (χ0n) is 9.85. The zero-order valence-corrected chi connectivity index (χ0v) is 10.6. The van der Waals surface area contributed by atoms with E-state index in [-0.39, 0.29) is 11.8 Å². The molecular weight excluding hydrogens is 254 g/mol. The van der Waals surface area contributed by atoms with Gasteiger partial charge in [0.25, 0.3) is 11.8 Å². The fourth-order valence-electron chi connectivity index (χ4n) is 1.83. The SMILES string of the molecule is COc1ccc(Cl)cc1CCN1C(=O)C=CC1=O. The lowest BCUT2D eigenvalue weighted by molar-refractivity contribution is -0.136. The fraction of sp³-hybridized carbons (Fsp3) is 0.231. The lowest BCUT2D eigenvalue weighted by Gasteiger charge is -2.15. The summed E-state index contributed by atoms with van der Waals surface area (Å²) in [5.41, 5.74) is 0.873. The van der Waals surface area contributed by atoms with Gasteiger partial charge in [0, 0.05) is 23.7 Å². The second kappa shape index (κ2) is 5.23. The lowest BCUT2D eigenvalue weighted by Crippen LogP contribution is -2.31. The molecule has 0 saturated heterocycles. The largest absolute Gasteiger partial charge is 0.496 e. The molecule has 18 heavy (non-hydrogen) atoms. The Morgan fingerprint density at radius 1 is 1.22 bits per heavy atom. The molecular formula is C13H12ClNO3. The van der Waals surface area contributed by atoms with Crippen molar-refractivity contribution in [2.24, 2.45) is 0 Å². The zero-order chi connectivity index (χ0) is 13.1. The lowest BCUT2D eigenvalue weighted by atomic mass is 10.1. The van der Waals surface area contributed by atoms with Gasteiger partial charge in [-0.15, -0.1) is 0 Å². The summed E-state index contributed by atoms with van der Waals surface area (Å²) in [7, 11) is 1.57. The van der Waals surface area contributed by atoms with E-state index in [9.17, 15) is 9.59 Å². The second-order valence-corrected chi connectivity index (χ2v) is 4.30. The first-order valence-corrected chi connectivity index (χ1v) is 5.85. The molecule has 5 heteroatoms. The van der Waals surface area contributed by atoms with E-state index in [0.29, 0.717) is 23.7 Å².